The first-order valence-electron chi connectivity index (χ1n) is 12.5. The van der Waals surface area contributed by atoms with Gasteiger partial charge in [-0.3, -0.25) is 14.9 Å². The lowest BCUT2D eigenvalue weighted by Gasteiger charge is -2.35. The Morgan fingerprint density at radius 3 is 2.50 bits per heavy atom. The molecule has 196 valence electrons. The molecule has 0 radical (unpaired) electrons. The summed E-state index contributed by atoms with van der Waals surface area (Å²) >= 11 is 0.858. The maximum atomic E-state index is 14.4. The molecule has 2 heterocycles. The number of hydrogen-bond acceptors (Lipinski definition) is 7. The Bertz CT molecular complexity index is 1370. The minimum Gasteiger partial charge on any atom is -0.341 e. The number of amides is 2. The van der Waals surface area contributed by atoms with E-state index in [1.807, 2.05) is 19.2 Å². The third-order valence-corrected chi connectivity index (χ3v) is 7.79. The van der Waals surface area contributed by atoms with E-state index in [1.54, 1.807) is 30.5 Å². The highest BCUT2D eigenvalue weighted by molar-refractivity contribution is 8.18. The number of imide groups is 1. The number of nitrogens with one attached hydrogen (secondary N) is 2. The van der Waals surface area contributed by atoms with Gasteiger partial charge >= 0.3 is 0 Å². The quantitative estimate of drug-likeness (QED) is 0.398. The number of hydrogen-bond donors (Lipinski definition) is 2. The van der Waals surface area contributed by atoms with E-state index in [-0.39, 0.29) is 22.9 Å². The third kappa shape index (κ3) is 5.76. The van der Waals surface area contributed by atoms with Crippen molar-refractivity contribution in [2.24, 2.45) is 0 Å². The van der Waals surface area contributed by atoms with Gasteiger partial charge in [0.1, 0.15) is 11.6 Å². The molecule has 2 N–H and O–H groups in total. The fraction of sp³-hybridized carbons (Fsp3) is 0.286. The lowest BCUT2D eigenvalue weighted by Crippen LogP contribution is -2.41. The second-order valence-electron chi connectivity index (χ2n) is 9.38. The molecular weight excluding hydrogens is 508 g/mol. The van der Waals surface area contributed by atoms with Crippen LogP contribution in [0.15, 0.2) is 59.6 Å². The molecule has 5 rings (SSSR count). The first kappa shape index (κ1) is 26.0. The van der Waals surface area contributed by atoms with Crippen molar-refractivity contribution in [1.82, 2.24) is 20.6 Å². The number of carbonyl (C=O) groups is 2. The zero-order valence-electron chi connectivity index (χ0n) is 20.8. The van der Waals surface area contributed by atoms with Crippen LogP contribution >= 0.6 is 11.8 Å². The SMILES string of the molecule is CN(c1nccc(C=C2SC(=O)NC2=O)n1)C1CCC(NCc2ccccc2-c2c(F)cccc2F)CC1. The van der Waals surface area contributed by atoms with Gasteiger partial charge in [0.05, 0.1) is 16.2 Å². The fourth-order valence-electron chi connectivity index (χ4n) is 4.93. The molecule has 0 atom stereocenters. The maximum Gasteiger partial charge on any atom is 0.290 e. The van der Waals surface area contributed by atoms with E-state index >= 15 is 0 Å². The summed E-state index contributed by atoms with van der Waals surface area (Å²) in [4.78, 5) is 34.6. The summed E-state index contributed by atoms with van der Waals surface area (Å²) in [5, 5.41) is 5.43. The van der Waals surface area contributed by atoms with Gasteiger partial charge in [-0.25, -0.2) is 18.7 Å². The largest absolute Gasteiger partial charge is 0.341 e. The Labute approximate surface area is 223 Å². The second-order valence-corrected chi connectivity index (χ2v) is 10.4. The van der Waals surface area contributed by atoms with Crippen LogP contribution in [0.4, 0.5) is 19.5 Å². The standard InChI is InChI=1S/C28H27F2N5O2S/c1-35(27-31-14-13-19(33-27)15-24-26(36)34-28(37)38-24)20-11-9-18(10-12-20)32-16-17-5-2-3-6-21(17)25-22(29)7-4-8-23(25)30/h2-8,13-15,18,20,32H,9-12,16H2,1H3,(H,34,36,37). The molecule has 7 nitrogen and oxygen atoms in total. The third-order valence-electron chi connectivity index (χ3n) is 6.98. The van der Waals surface area contributed by atoms with E-state index in [1.165, 1.54) is 18.2 Å². The average Bonchev–Trinajstić information content (AvgIpc) is 3.24. The molecule has 0 spiro atoms. The Balaban J connectivity index is 1.19. The van der Waals surface area contributed by atoms with Gasteiger partial charge in [0.25, 0.3) is 11.1 Å². The number of aromatic nitrogens is 2. The Morgan fingerprint density at radius 2 is 1.79 bits per heavy atom. The van der Waals surface area contributed by atoms with Gasteiger partial charge in [-0.1, -0.05) is 30.3 Å². The van der Waals surface area contributed by atoms with Crippen molar-refractivity contribution in [3.05, 3.63) is 82.5 Å². The lowest BCUT2D eigenvalue weighted by atomic mass is 9.90. The van der Waals surface area contributed by atoms with Gasteiger partial charge in [-0.05, 0) is 72.8 Å². The maximum absolute atomic E-state index is 14.4. The summed E-state index contributed by atoms with van der Waals surface area (Å²) in [5.74, 6) is -0.989. The van der Waals surface area contributed by atoms with Gasteiger partial charge in [0.15, 0.2) is 0 Å². The van der Waals surface area contributed by atoms with Crippen LogP contribution in [-0.4, -0.2) is 40.2 Å². The average molecular weight is 536 g/mol. The number of thioether (sulfide) groups is 1. The summed E-state index contributed by atoms with van der Waals surface area (Å²) < 4.78 is 28.8. The number of nitrogens with zero attached hydrogens (tertiary/aromatic N) is 3. The Kier molecular flexibility index (Phi) is 7.80. The highest BCUT2D eigenvalue weighted by Crippen LogP contribution is 2.30. The molecular formula is C28H27F2N5O2S. The van der Waals surface area contributed by atoms with E-state index in [9.17, 15) is 18.4 Å². The van der Waals surface area contributed by atoms with E-state index in [4.69, 9.17) is 0 Å². The van der Waals surface area contributed by atoms with Crippen molar-refractivity contribution in [2.75, 3.05) is 11.9 Å². The number of benzene rings is 2. The van der Waals surface area contributed by atoms with E-state index in [0.717, 1.165) is 43.0 Å². The molecule has 0 unspecified atom stereocenters. The summed E-state index contributed by atoms with van der Waals surface area (Å²) in [5.41, 5.74) is 1.99. The van der Waals surface area contributed by atoms with Crippen molar-refractivity contribution in [1.29, 1.82) is 0 Å². The van der Waals surface area contributed by atoms with Crippen LogP contribution in [0.1, 0.15) is 36.9 Å². The Morgan fingerprint density at radius 1 is 1.05 bits per heavy atom. The molecule has 10 heteroatoms. The van der Waals surface area contributed by atoms with Crippen LogP contribution in [0, 0.1) is 11.6 Å². The van der Waals surface area contributed by atoms with Crippen LogP contribution in [0.25, 0.3) is 17.2 Å². The van der Waals surface area contributed by atoms with Gasteiger partial charge in [0.2, 0.25) is 5.95 Å². The molecule has 0 bridgehead atoms. The summed E-state index contributed by atoms with van der Waals surface area (Å²) in [7, 11) is 1.96. The molecule has 1 saturated carbocycles. The van der Waals surface area contributed by atoms with Gasteiger partial charge in [0, 0.05) is 31.9 Å². The highest BCUT2D eigenvalue weighted by Gasteiger charge is 2.27. The molecule has 2 fully saturated rings. The van der Waals surface area contributed by atoms with Crippen LogP contribution in [0.3, 0.4) is 0 Å². The summed E-state index contributed by atoms with van der Waals surface area (Å²) in [6.07, 6.45) is 6.98. The summed E-state index contributed by atoms with van der Waals surface area (Å²) in [6, 6.07) is 13.5. The molecule has 2 aliphatic rings. The zero-order valence-corrected chi connectivity index (χ0v) is 21.6. The predicted octanol–water partition coefficient (Wildman–Crippen LogP) is 5.28. The van der Waals surface area contributed by atoms with Crippen LogP contribution in [0.2, 0.25) is 0 Å². The van der Waals surface area contributed by atoms with Crippen LogP contribution in [-0.2, 0) is 11.3 Å². The molecule has 1 aliphatic heterocycles. The first-order valence-corrected chi connectivity index (χ1v) is 13.3. The van der Waals surface area contributed by atoms with E-state index < -0.39 is 17.5 Å². The molecule has 3 aromatic rings. The number of halogens is 2. The first-order chi connectivity index (χ1) is 18.4. The van der Waals surface area contributed by atoms with Crippen molar-refractivity contribution in [2.45, 2.75) is 44.3 Å². The van der Waals surface area contributed by atoms with Crippen LogP contribution in [0.5, 0.6) is 0 Å². The highest BCUT2D eigenvalue weighted by atomic mass is 32.2. The van der Waals surface area contributed by atoms with E-state index in [2.05, 4.69) is 25.5 Å². The molecule has 38 heavy (non-hydrogen) atoms. The van der Waals surface area contributed by atoms with Gasteiger partial charge in [-0.15, -0.1) is 0 Å². The lowest BCUT2D eigenvalue weighted by molar-refractivity contribution is -0.115. The van der Waals surface area contributed by atoms with E-state index in [0.29, 0.717) is 28.7 Å². The number of carbonyl (C=O) groups excluding carboxylic acids is 2. The van der Waals surface area contributed by atoms with Crippen molar-refractivity contribution in [3.63, 3.8) is 0 Å². The van der Waals surface area contributed by atoms with Crippen molar-refractivity contribution >= 4 is 34.9 Å². The molecule has 2 aromatic carbocycles. The predicted molar refractivity (Wildman–Crippen MR) is 144 cm³/mol. The Hall–Kier alpha value is -3.63. The minimum atomic E-state index is -0.567. The molecule has 1 aromatic heterocycles. The monoisotopic (exact) mass is 535 g/mol. The topological polar surface area (TPSA) is 87.2 Å². The normalized spacial score (nSPS) is 20.6. The second kappa shape index (κ2) is 11.4. The van der Waals surface area contributed by atoms with Crippen molar-refractivity contribution in [3.8, 4) is 11.1 Å². The van der Waals surface area contributed by atoms with Gasteiger partial charge < -0.3 is 10.2 Å². The molecule has 1 saturated heterocycles. The van der Waals surface area contributed by atoms with Crippen LogP contribution < -0.4 is 15.5 Å². The fourth-order valence-corrected chi connectivity index (χ4v) is 5.59. The number of rotatable bonds is 7. The molecule has 1 aliphatic carbocycles. The smallest absolute Gasteiger partial charge is 0.290 e. The number of anilines is 1. The van der Waals surface area contributed by atoms with Gasteiger partial charge in [-0.2, -0.15) is 0 Å². The minimum absolute atomic E-state index is 0.00635. The molecule has 2 amide bonds. The zero-order chi connectivity index (χ0) is 26.6. The summed E-state index contributed by atoms with van der Waals surface area (Å²) in [6.45, 7) is 0.517. The van der Waals surface area contributed by atoms with Crippen molar-refractivity contribution < 1.29 is 18.4 Å².